The van der Waals surface area contributed by atoms with E-state index in [0.29, 0.717) is 10.9 Å². The molecule has 3 atom stereocenters. The van der Waals surface area contributed by atoms with Gasteiger partial charge in [0.2, 0.25) is 5.91 Å². The lowest BCUT2D eigenvalue weighted by molar-refractivity contribution is -0.126. The summed E-state index contributed by atoms with van der Waals surface area (Å²) in [5.41, 5.74) is 0.932. The van der Waals surface area contributed by atoms with Gasteiger partial charge in [-0.3, -0.25) is 4.79 Å². The molecule has 0 aliphatic carbocycles. The molecule has 1 fully saturated rings. The maximum absolute atomic E-state index is 13.8. The lowest BCUT2D eigenvalue weighted by Gasteiger charge is -2.31. The van der Waals surface area contributed by atoms with Crippen molar-refractivity contribution in [2.45, 2.75) is 43.2 Å². The van der Waals surface area contributed by atoms with Crippen LogP contribution in [0, 0.1) is 11.7 Å². The topological polar surface area (TPSA) is 41.1 Å². The van der Waals surface area contributed by atoms with Crippen molar-refractivity contribution in [3.05, 3.63) is 29.6 Å². The molecular formula is C16H22ClFN2OS. The number of thioether (sulfide) groups is 1. The van der Waals surface area contributed by atoms with Crippen LogP contribution in [-0.4, -0.2) is 24.2 Å². The largest absolute Gasteiger partial charge is 0.349 e. The summed E-state index contributed by atoms with van der Waals surface area (Å²) >= 11 is 1.55. The molecule has 0 radical (unpaired) electrons. The number of carbonyl (C=O) groups excluding carboxylic acids is 1. The van der Waals surface area contributed by atoms with Crippen molar-refractivity contribution in [1.29, 1.82) is 0 Å². The zero-order valence-electron chi connectivity index (χ0n) is 12.6. The number of rotatable bonds is 2. The lowest BCUT2D eigenvalue weighted by atomic mass is 9.91. The first kappa shape index (κ1) is 17.6. The Morgan fingerprint density at radius 1 is 1.41 bits per heavy atom. The van der Waals surface area contributed by atoms with Gasteiger partial charge in [0.25, 0.3) is 0 Å². The molecule has 0 saturated carbocycles. The van der Waals surface area contributed by atoms with Crippen LogP contribution in [0.4, 0.5) is 4.39 Å². The van der Waals surface area contributed by atoms with Gasteiger partial charge in [0.05, 0.1) is 6.04 Å². The maximum atomic E-state index is 13.8. The fraction of sp³-hybridized carbons (Fsp3) is 0.562. The standard InChI is InChI=1S/C16H21FN2OS.ClH/c1-10-9-11(5-7-18-10)16(20)19-14-6-8-21-15-12(14)3-2-4-13(15)17;/h2-4,10-11,14,18H,5-9H2,1H3,(H,19,20);1H/t10-,11-,14?;/m0./s1. The molecule has 1 unspecified atom stereocenters. The van der Waals surface area contributed by atoms with Crippen LogP contribution in [-0.2, 0) is 4.79 Å². The number of piperidine rings is 1. The Bertz CT molecular complexity index is 543. The molecule has 0 bridgehead atoms. The van der Waals surface area contributed by atoms with Crippen molar-refractivity contribution in [2.75, 3.05) is 12.3 Å². The number of halogens is 2. The summed E-state index contributed by atoms with van der Waals surface area (Å²) in [6.45, 7) is 3.01. The minimum Gasteiger partial charge on any atom is -0.349 e. The number of amides is 1. The molecule has 122 valence electrons. The molecule has 2 heterocycles. The second kappa shape index (κ2) is 7.66. The van der Waals surface area contributed by atoms with Crippen molar-refractivity contribution in [2.24, 2.45) is 5.92 Å². The van der Waals surface area contributed by atoms with Gasteiger partial charge in [-0.25, -0.2) is 4.39 Å². The maximum Gasteiger partial charge on any atom is 0.223 e. The van der Waals surface area contributed by atoms with Crippen molar-refractivity contribution >= 4 is 30.1 Å². The summed E-state index contributed by atoms with van der Waals surface area (Å²) in [5, 5.41) is 6.51. The van der Waals surface area contributed by atoms with Crippen LogP contribution in [0.5, 0.6) is 0 Å². The minimum atomic E-state index is -0.174. The third-order valence-electron chi connectivity index (χ3n) is 4.34. The second-order valence-corrected chi connectivity index (χ2v) is 7.04. The average molecular weight is 345 g/mol. The van der Waals surface area contributed by atoms with E-state index in [1.807, 2.05) is 6.07 Å². The molecule has 1 amide bonds. The summed E-state index contributed by atoms with van der Waals surface area (Å²) in [7, 11) is 0. The van der Waals surface area contributed by atoms with Crippen LogP contribution >= 0.6 is 24.2 Å². The van der Waals surface area contributed by atoms with Crippen LogP contribution in [0.15, 0.2) is 23.1 Å². The molecule has 3 nitrogen and oxygen atoms in total. The third-order valence-corrected chi connectivity index (χ3v) is 5.50. The molecule has 22 heavy (non-hydrogen) atoms. The number of hydrogen-bond donors (Lipinski definition) is 2. The van der Waals surface area contributed by atoms with Crippen LogP contribution in [0.3, 0.4) is 0 Å². The number of benzene rings is 1. The molecule has 1 aromatic carbocycles. The van der Waals surface area contributed by atoms with Crippen LogP contribution in [0.25, 0.3) is 0 Å². The van der Waals surface area contributed by atoms with E-state index < -0.39 is 0 Å². The number of fused-ring (bicyclic) bond motifs is 1. The first-order chi connectivity index (χ1) is 10.1. The van der Waals surface area contributed by atoms with Gasteiger partial charge in [0.15, 0.2) is 0 Å². The normalized spacial score (nSPS) is 27.5. The van der Waals surface area contributed by atoms with Crippen LogP contribution < -0.4 is 10.6 Å². The van der Waals surface area contributed by atoms with E-state index in [1.54, 1.807) is 17.8 Å². The molecule has 0 spiro atoms. The van der Waals surface area contributed by atoms with E-state index in [2.05, 4.69) is 17.6 Å². The molecule has 1 aromatic rings. The van der Waals surface area contributed by atoms with E-state index >= 15 is 0 Å². The zero-order chi connectivity index (χ0) is 14.8. The van der Waals surface area contributed by atoms with E-state index in [4.69, 9.17) is 0 Å². The van der Waals surface area contributed by atoms with Gasteiger partial charge in [-0.2, -0.15) is 0 Å². The van der Waals surface area contributed by atoms with Crippen molar-refractivity contribution in [3.63, 3.8) is 0 Å². The van der Waals surface area contributed by atoms with Gasteiger partial charge in [-0.1, -0.05) is 12.1 Å². The highest BCUT2D eigenvalue weighted by atomic mass is 35.5. The highest BCUT2D eigenvalue weighted by molar-refractivity contribution is 7.99. The lowest BCUT2D eigenvalue weighted by Crippen LogP contribution is -2.43. The van der Waals surface area contributed by atoms with Crippen LogP contribution in [0.1, 0.15) is 37.8 Å². The Balaban J connectivity index is 0.00000176. The summed E-state index contributed by atoms with van der Waals surface area (Å²) < 4.78 is 13.8. The fourth-order valence-corrected chi connectivity index (χ4v) is 4.34. The molecule has 3 rings (SSSR count). The third kappa shape index (κ3) is 3.76. The smallest absolute Gasteiger partial charge is 0.223 e. The Morgan fingerprint density at radius 3 is 3.00 bits per heavy atom. The van der Waals surface area contributed by atoms with E-state index in [1.165, 1.54) is 6.07 Å². The number of carbonyl (C=O) groups is 1. The molecule has 2 N–H and O–H groups in total. The summed E-state index contributed by atoms with van der Waals surface area (Å²) in [4.78, 5) is 13.2. The predicted octanol–water partition coefficient (Wildman–Crippen LogP) is 3.29. The van der Waals surface area contributed by atoms with Crippen molar-refractivity contribution in [1.82, 2.24) is 10.6 Å². The van der Waals surface area contributed by atoms with Crippen molar-refractivity contribution < 1.29 is 9.18 Å². The summed E-state index contributed by atoms with van der Waals surface area (Å²) in [6.07, 6.45) is 2.63. The Morgan fingerprint density at radius 2 is 2.23 bits per heavy atom. The van der Waals surface area contributed by atoms with Gasteiger partial charge < -0.3 is 10.6 Å². The predicted molar refractivity (Wildman–Crippen MR) is 90.1 cm³/mol. The molecule has 0 aromatic heterocycles. The van der Waals surface area contributed by atoms with Gasteiger partial charge in [-0.15, -0.1) is 24.2 Å². The van der Waals surface area contributed by atoms with Crippen LogP contribution in [0.2, 0.25) is 0 Å². The minimum absolute atomic E-state index is 0. The first-order valence-electron chi connectivity index (χ1n) is 7.60. The van der Waals surface area contributed by atoms with Gasteiger partial charge in [0, 0.05) is 22.6 Å². The molecule has 2 aliphatic heterocycles. The van der Waals surface area contributed by atoms with Gasteiger partial charge in [0.1, 0.15) is 5.82 Å². The van der Waals surface area contributed by atoms with Gasteiger partial charge in [-0.05, 0) is 44.4 Å². The summed E-state index contributed by atoms with van der Waals surface area (Å²) in [5.74, 6) is 0.872. The van der Waals surface area contributed by atoms with E-state index in [0.717, 1.165) is 37.1 Å². The van der Waals surface area contributed by atoms with Gasteiger partial charge >= 0.3 is 0 Å². The van der Waals surface area contributed by atoms with E-state index in [9.17, 15) is 9.18 Å². The monoisotopic (exact) mass is 344 g/mol. The number of nitrogens with one attached hydrogen (secondary N) is 2. The average Bonchev–Trinajstić information content (AvgIpc) is 2.48. The summed E-state index contributed by atoms with van der Waals surface area (Å²) in [6, 6.07) is 5.49. The highest BCUT2D eigenvalue weighted by Crippen LogP contribution is 2.38. The second-order valence-electron chi connectivity index (χ2n) is 5.93. The zero-order valence-corrected chi connectivity index (χ0v) is 14.2. The SMILES string of the molecule is C[C@H]1C[C@@H](C(=O)NC2CCSc3c(F)cccc32)CCN1.Cl. The van der Waals surface area contributed by atoms with Crippen molar-refractivity contribution in [3.8, 4) is 0 Å². The quantitative estimate of drug-likeness (QED) is 0.865. The fourth-order valence-electron chi connectivity index (χ4n) is 3.20. The molecular weight excluding hydrogens is 323 g/mol. The Labute approximate surface area is 141 Å². The Hall–Kier alpha value is -0.780. The van der Waals surface area contributed by atoms with E-state index in [-0.39, 0.29) is 36.1 Å². The Kier molecular flexibility index (Phi) is 6.12. The highest BCUT2D eigenvalue weighted by Gasteiger charge is 2.29. The number of hydrogen-bond acceptors (Lipinski definition) is 3. The first-order valence-corrected chi connectivity index (χ1v) is 8.58. The molecule has 1 saturated heterocycles. The molecule has 6 heteroatoms. The molecule has 2 aliphatic rings.